The minimum Gasteiger partial charge on any atom is -0.507 e. The fourth-order valence-corrected chi connectivity index (χ4v) is 4.29. The highest BCUT2D eigenvalue weighted by atomic mass is 28.3. The van der Waals surface area contributed by atoms with Gasteiger partial charge in [-0.2, -0.15) is 0 Å². The summed E-state index contributed by atoms with van der Waals surface area (Å²) in [6.45, 7) is 6.80. The van der Waals surface area contributed by atoms with Crippen LogP contribution in [-0.4, -0.2) is 25.4 Å². The van der Waals surface area contributed by atoms with E-state index >= 15 is 0 Å². The van der Waals surface area contributed by atoms with Crippen molar-refractivity contribution in [2.75, 3.05) is 0 Å². The number of hydrogen-bond acceptors (Lipinski definition) is 2. The number of benzene rings is 2. The highest BCUT2D eigenvalue weighted by molar-refractivity contribution is 6.89. The molecule has 3 rings (SSSR count). The number of aliphatic imine (C=N–C) groups is 1. The van der Waals surface area contributed by atoms with Gasteiger partial charge in [0.05, 0.1) is 8.07 Å². The lowest BCUT2D eigenvalue weighted by atomic mass is 9.94. The van der Waals surface area contributed by atoms with Crippen molar-refractivity contribution in [1.29, 1.82) is 0 Å². The minimum absolute atomic E-state index is 0.423. The van der Waals surface area contributed by atoms with Gasteiger partial charge in [0.15, 0.2) is 0 Å². The van der Waals surface area contributed by atoms with Gasteiger partial charge in [-0.3, -0.25) is 4.99 Å². The van der Waals surface area contributed by atoms with Gasteiger partial charge in [0, 0.05) is 17.8 Å². The van der Waals surface area contributed by atoms with E-state index in [2.05, 4.69) is 61.0 Å². The molecule has 2 nitrogen and oxygen atoms in total. The van der Waals surface area contributed by atoms with Gasteiger partial charge in [-0.25, -0.2) is 0 Å². The van der Waals surface area contributed by atoms with Crippen LogP contribution in [-0.2, 0) is 0 Å². The fourth-order valence-electron chi connectivity index (χ4n) is 2.85. The standard InChI is InChI=1S/C20H25NOSi/c1-23(2,3)19-13-16(15-8-5-4-6-9-15)12-17(20(19)22)14-21-18-10-7-11-18/h4-6,8-9,12-14,18,22H,7,10-11H2,1-3H3. The molecular formula is C20H25NOSi. The molecule has 1 aliphatic carbocycles. The van der Waals surface area contributed by atoms with Crippen LogP contribution in [0.3, 0.4) is 0 Å². The molecule has 0 spiro atoms. The van der Waals surface area contributed by atoms with E-state index in [1.54, 1.807) is 0 Å². The van der Waals surface area contributed by atoms with Crippen LogP contribution in [0.5, 0.6) is 5.75 Å². The van der Waals surface area contributed by atoms with Crippen molar-refractivity contribution in [3.63, 3.8) is 0 Å². The van der Waals surface area contributed by atoms with E-state index in [-0.39, 0.29) is 0 Å². The van der Waals surface area contributed by atoms with Crippen LogP contribution in [0.1, 0.15) is 24.8 Å². The van der Waals surface area contributed by atoms with E-state index in [0.717, 1.165) is 16.3 Å². The maximum atomic E-state index is 10.7. The maximum absolute atomic E-state index is 10.7. The summed E-state index contributed by atoms with van der Waals surface area (Å²) in [7, 11) is -1.64. The van der Waals surface area contributed by atoms with Gasteiger partial charge >= 0.3 is 0 Å². The molecule has 1 N–H and O–H groups in total. The van der Waals surface area contributed by atoms with Crippen LogP contribution < -0.4 is 5.19 Å². The van der Waals surface area contributed by atoms with E-state index in [0.29, 0.717) is 11.8 Å². The summed E-state index contributed by atoms with van der Waals surface area (Å²) < 4.78 is 0. The van der Waals surface area contributed by atoms with E-state index in [1.807, 2.05) is 12.3 Å². The van der Waals surface area contributed by atoms with Crippen molar-refractivity contribution >= 4 is 19.5 Å². The number of phenols is 1. The third kappa shape index (κ3) is 3.56. The predicted molar refractivity (Wildman–Crippen MR) is 102 cm³/mol. The second-order valence-electron chi connectivity index (χ2n) is 7.44. The van der Waals surface area contributed by atoms with Gasteiger partial charge in [0.1, 0.15) is 5.75 Å². The Morgan fingerprint density at radius 3 is 2.30 bits per heavy atom. The average Bonchev–Trinajstić information content (AvgIpc) is 2.47. The van der Waals surface area contributed by atoms with Crippen LogP contribution in [0.15, 0.2) is 47.5 Å². The van der Waals surface area contributed by atoms with Gasteiger partial charge in [-0.05, 0) is 41.6 Å². The maximum Gasteiger partial charge on any atom is 0.123 e. The number of aromatic hydroxyl groups is 1. The Morgan fingerprint density at radius 1 is 1.04 bits per heavy atom. The zero-order valence-corrected chi connectivity index (χ0v) is 15.2. The highest BCUT2D eigenvalue weighted by Crippen LogP contribution is 2.27. The van der Waals surface area contributed by atoms with Crippen LogP contribution in [0.2, 0.25) is 19.6 Å². The van der Waals surface area contributed by atoms with Crippen LogP contribution in [0, 0.1) is 0 Å². The molecule has 1 fully saturated rings. The fraction of sp³-hybridized carbons (Fsp3) is 0.350. The summed E-state index contributed by atoms with van der Waals surface area (Å²) in [4.78, 5) is 4.65. The van der Waals surface area contributed by atoms with Gasteiger partial charge in [-0.1, -0.05) is 56.0 Å². The largest absolute Gasteiger partial charge is 0.507 e. The lowest BCUT2D eigenvalue weighted by Crippen LogP contribution is -2.38. The molecule has 0 amide bonds. The molecule has 3 heteroatoms. The molecule has 0 aliphatic heterocycles. The van der Waals surface area contributed by atoms with Crippen LogP contribution in [0.4, 0.5) is 0 Å². The lowest BCUT2D eigenvalue weighted by Gasteiger charge is -2.22. The van der Waals surface area contributed by atoms with Crippen LogP contribution in [0.25, 0.3) is 11.1 Å². The molecule has 0 unspecified atom stereocenters. The van der Waals surface area contributed by atoms with E-state index in [9.17, 15) is 5.11 Å². The third-order valence-electron chi connectivity index (χ3n) is 4.55. The number of hydrogen-bond donors (Lipinski definition) is 1. The summed E-state index contributed by atoms with van der Waals surface area (Å²) in [6.07, 6.45) is 5.51. The highest BCUT2D eigenvalue weighted by Gasteiger charge is 2.23. The third-order valence-corrected chi connectivity index (χ3v) is 6.55. The molecular weight excluding hydrogens is 298 g/mol. The molecule has 0 radical (unpaired) electrons. The summed E-state index contributed by atoms with van der Waals surface area (Å²) in [5.41, 5.74) is 3.21. The molecule has 0 bridgehead atoms. The first-order chi connectivity index (χ1) is 10.9. The number of phenolic OH excluding ortho intramolecular Hbond substituents is 1. The van der Waals surface area contributed by atoms with Gasteiger partial charge in [0.2, 0.25) is 0 Å². The minimum atomic E-state index is -1.64. The van der Waals surface area contributed by atoms with Crippen molar-refractivity contribution in [3.8, 4) is 16.9 Å². The zero-order valence-electron chi connectivity index (χ0n) is 14.2. The summed E-state index contributed by atoms with van der Waals surface area (Å²) in [5, 5.41) is 11.8. The Bertz CT molecular complexity index is 712. The molecule has 0 saturated heterocycles. The molecule has 0 heterocycles. The predicted octanol–water partition coefficient (Wildman–Crippen LogP) is 4.58. The van der Waals surface area contributed by atoms with Gasteiger partial charge < -0.3 is 5.11 Å². The average molecular weight is 324 g/mol. The van der Waals surface area contributed by atoms with E-state index < -0.39 is 8.07 Å². The monoisotopic (exact) mass is 323 g/mol. The van der Waals surface area contributed by atoms with E-state index in [4.69, 9.17) is 0 Å². The van der Waals surface area contributed by atoms with Crippen molar-refractivity contribution in [2.24, 2.45) is 4.99 Å². The summed E-state index contributed by atoms with van der Waals surface area (Å²) in [5.74, 6) is 0.423. The normalized spacial score (nSPS) is 15.8. The molecule has 0 atom stereocenters. The second kappa shape index (κ2) is 6.32. The topological polar surface area (TPSA) is 32.6 Å². The molecule has 0 aromatic heterocycles. The molecule has 1 saturated carbocycles. The zero-order chi connectivity index (χ0) is 16.4. The first-order valence-electron chi connectivity index (χ1n) is 8.41. The second-order valence-corrected chi connectivity index (χ2v) is 12.5. The van der Waals surface area contributed by atoms with Crippen LogP contribution >= 0.6 is 0 Å². The SMILES string of the molecule is C[Si](C)(C)c1cc(-c2ccccc2)cc(C=NC2CCC2)c1O. The van der Waals surface area contributed by atoms with Crippen molar-refractivity contribution in [2.45, 2.75) is 44.9 Å². The molecule has 23 heavy (non-hydrogen) atoms. The Balaban J connectivity index is 2.08. The van der Waals surface area contributed by atoms with Gasteiger partial charge in [-0.15, -0.1) is 0 Å². The molecule has 2 aromatic rings. The lowest BCUT2D eigenvalue weighted by molar-refractivity contribution is 0.421. The summed E-state index contributed by atoms with van der Waals surface area (Å²) in [6, 6.07) is 15.1. The van der Waals surface area contributed by atoms with Crippen molar-refractivity contribution in [3.05, 3.63) is 48.0 Å². The Labute approximate surface area is 139 Å². The Morgan fingerprint density at radius 2 is 1.74 bits per heavy atom. The first-order valence-corrected chi connectivity index (χ1v) is 11.9. The molecule has 2 aromatic carbocycles. The van der Waals surface area contributed by atoms with Crippen molar-refractivity contribution in [1.82, 2.24) is 0 Å². The quantitative estimate of drug-likeness (QED) is 0.648. The smallest absolute Gasteiger partial charge is 0.123 e. The van der Waals surface area contributed by atoms with E-state index in [1.165, 1.54) is 24.8 Å². The summed E-state index contributed by atoms with van der Waals surface area (Å²) >= 11 is 0. The van der Waals surface area contributed by atoms with Gasteiger partial charge in [0.25, 0.3) is 0 Å². The Kier molecular flexibility index (Phi) is 4.40. The van der Waals surface area contributed by atoms with Crippen molar-refractivity contribution < 1.29 is 5.11 Å². The first kappa shape index (κ1) is 16.0. The number of rotatable bonds is 4. The molecule has 120 valence electrons. The molecule has 1 aliphatic rings. The number of nitrogens with zero attached hydrogens (tertiary/aromatic N) is 1. The Hall–Kier alpha value is -1.87.